The molecule has 2 unspecified atom stereocenters. The van der Waals surface area contributed by atoms with Gasteiger partial charge in [-0.3, -0.25) is 9.69 Å². The Morgan fingerprint density at radius 3 is 2.89 bits per heavy atom. The Bertz CT molecular complexity index is 303. The molecule has 1 saturated carbocycles. The van der Waals surface area contributed by atoms with Gasteiger partial charge in [-0.15, -0.1) is 0 Å². The summed E-state index contributed by atoms with van der Waals surface area (Å²) in [6, 6.07) is 0.618. The van der Waals surface area contributed by atoms with Crippen LogP contribution in [0.5, 0.6) is 0 Å². The van der Waals surface area contributed by atoms with E-state index in [4.69, 9.17) is 0 Å². The molecule has 0 aromatic carbocycles. The van der Waals surface area contributed by atoms with E-state index in [1.54, 1.807) is 0 Å². The van der Waals surface area contributed by atoms with Gasteiger partial charge >= 0.3 is 0 Å². The molecule has 2 N–H and O–H groups in total. The molecule has 0 aromatic rings. The van der Waals surface area contributed by atoms with Crippen LogP contribution in [-0.4, -0.2) is 49.1 Å². The number of hydrogen-bond donors (Lipinski definition) is 2. The maximum absolute atomic E-state index is 12.1. The average molecular weight is 253 g/mol. The van der Waals surface area contributed by atoms with Gasteiger partial charge in [0.15, 0.2) is 0 Å². The quantitative estimate of drug-likeness (QED) is 0.788. The van der Waals surface area contributed by atoms with E-state index in [9.17, 15) is 4.79 Å². The predicted molar refractivity (Wildman–Crippen MR) is 73.5 cm³/mol. The highest BCUT2D eigenvalue weighted by molar-refractivity contribution is 5.82. The Kier molecular flexibility index (Phi) is 4.28. The minimum Gasteiger partial charge on any atom is -0.355 e. The van der Waals surface area contributed by atoms with Crippen molar-refractivity contribution in [2.24, 2.45) is 5.41 Å². The number of carbonyl (C=O) groups excluding carboxylic acids is 1. The molecule has 4 heteroatoms. The molecule has 2 atom stereocenters. The first-order chi connectivity index (χ1) is 8.53. The molecule has 18 heavy (non-hydrogen) atoms. The van der Waals surface area contributed by atoms with Gasteiger partial charge in [-0.2, -0.15) is 0 Å². The van der Waals surface area contributed by atoms with E-state index < -0.39 is 0 Å². The smallest absolute Gasteiger partial charge is 0.238 e. The molecule has 0 spiro atoms. The fourth-order valence-electron chi connectivity index (χ4n) is 3.37. The lowest BCUT2D eigenvalue weighted by Crippen LogP contribution is -2.60. The normalized spacial score (nSPS) is 32.4. The summed E-state index contributed by atoms with van der Waals surface area (Å²) in [6.45, 7) is 10.2. The number of rotatable bonds is 3. The maximum Gasteiger partial charge on any atom is 0.238 e. The minimum absolute atomic E-state index is 0.0256. The van der Waals surface area contributed by atoms with Gasteiger partial charge in [0.1, 0.15) is 6.04 Å². The van der Waals surface area contributed by atoms with Gasteiger partial charge in [0.05, 0.1) is 0 Å². The van der Waals surface area contributed by atoms with Crippen molar-refractivity contribution in [3.05, 3.63) is 0 Å². The predicted octanol–water partition coefficient (Wildman–Crippen LogP) is 0.975. The molecule has 4 nitrogen and oxygen atoms in total. The van der Waals surface area contributed by atoms with Crippen LogP contribution in [-0.2, 0) is 4.79 Å². The number of hydrogen-bond acceptors (Lipinski definition) is 3. The second-order valence-electron chi connectivity index (χ2n) is 6.41. The first kappa shape index (κ1) is 13.8. The lowest BCUT2D eigenvalue weighted by molar-refractivity contribution is -0.128. The van der Waals surface area contributed by atoms with E-state index >= 15 is 0 Å². The van der Waals surface area contributed by atoms with Gasteiger partial charge in [-0.1, -0.05) is 13.8 Å². The van der Waals surface area contributed by atoms with E-state index in [1.165, 1.54) is 19.3 Å². The summed E-state index contributed by atoms with van der Waals surface area (Å²) in [6.07, 6.45) is 3.75. The standard InChI is InChI=1S/C14H27N3O/c1-4-16-13(18)12-10-15-7-8-17(12)11-5-6-14(2,3)9-11/h11-12,15H,4-10H2,1-3H3,(H,16,18). The van der Waals surface area contributed by atoms with Crippen LogP contribution >= 0.6 is 0 Å². The first-order valence-electron chi connectivity index (χ1n) is 7.28. The second kappa shape index (κ2) is 5.57. The first-order valence-corrected chi connectivity index (χ1v) is 7.28. The molecule has 1 heterocycles. The summed E-state index contributed by atoms with van der Waals surface area (Å²) in [5.41, 5.74) is 0.446. The van der Waals surface area contributed by atoms with Crippen molar-refractivity contribution < 1.29 is 4.79 Å². The molecule has 1 saturated heterocycles. The van der Waals surface area contributed by atoms with Crippen molar-refractivity contribution in [3.8, 4) is 0 Å². The van der Waals surface area contributed by atoms with Crippen molar-refractivity contribution in [1.29, 1.82) is 0 Å². The molecule has 0 aromatic heterocycles. The van der Waals surface area contributed by atoms with Crippen LogP contribution in [0, 0.1) is 5.41 Å². The Labute approximate surface area is 110 Å². The minimum atomic E-state index is 0.0256. The number of nitrogens with zero attached hydrogens (tertiary/aromatic N) is 1. The zero-order valence-electron chi connectivity index (χ0n) is 12.0. The molecule has 0 bridgehead atoms. The Morgan fingerprint density at radius 1 is 1.50 bits per heavy atom. The highest BCUT2D eigenvalue weighted by Crippen LogP contribution is 2.40. The summed E-state index contributed by atoms with van der Waals surface area (Å²) >= 11 is 0. The van der Waals surface area contributed by atoms with E-state index in [0.29, 0.717) is 11.5 Å². The maximum atomic E-state index is 12.1. The topological polar surface area (TPSA) is 44.4 Å². The lowest BCUT2D eigenvalue weighted by atomic mass is 9.91. The Balaban J connectivity index is 2.02. The fraction of sp³-hybridized carbons (Fsp3) is 0.929. The molecule has 0 radical (unpaired) electrons. The van der Waals surface area contributed by atoms with E-state index in [1.807, 2.05) is 6.92 Å². The highest BCUT2D eigenvalue weighted by Gasteiger charge is 2.39. The summed E-state index contributed by atoms with van der Waals surface area (Å²) in [4.78, 5) is 14.6. The van der Waals surface area contributed by atoms with Crippen molar-refractivity contribution in [2.45, 2.75) is 52.1 Å². The summed E-state index contributed by atoms with van der Waals surface area (Å²) < 4.78 is 0. The van der Waals surface area contributed by atoms with Crippen LogP contribution in [0.4, 0.5) is 0 Å². The molecular formula is C14H27N3O. The van der Waals surface area contributed by atoms with Crippen molar-refractivity contribution >= 4 is 5.91 Å². The number of nitrogens with one attached hydrogen (secondary N) is 2. The summed E-state index contributed by atoms with van der Waals surface area (Å²) in [5.74, 6) is 0.189. The molecule has 2 fully saturated rings. The van der Waals surface area contributed by atoms with Gasteiger partial charge < -0.3 is 10.6 Å². The van der Waals surface area contributed by atoms with Crippen molar-refractivity contribution in [1.82, 2.24) is 15.5 Å². The van der Waals surface area contributed by atoms with E-state index in [2.05, 4.69) is 29.4 Å². The van der Waals surface area contributed by atoms with E-state index in [0.717, 1.165) is 26.2 Å². The van der Waals surface area contributed by atoms with Crippen LogP contribution in [0.15, 0.2) is 0 Å². The largest absolute Gasteiger partial charge is 0.355 e. The second-order valence-corrected chi connectivity index (χ2v) is 6.41. The number of amides is 1. The van der Waals surface area contributed by atoms with Crippen molar-refractivity contribution in [3.63, 3.8) is 0 Å². The monoisotopic (exact) mass is 253 g/mol. The van der Waals surface area contributed by atoms with Crippen LogP contribution in [0.1, 0.15) is 40.0 Å². The highest BCUT2D eigenvalue weighted by atomic mass is 16.2. The van der Waals surface area contributed by atoms with Gasteiger partial charge in [-0.25, -0.2) is 0 Å². The third kappa shape index (κ3) is 3.04. The van der Waals surface area contributed by atoms with Crippen LogP contribution in [0.25, 0.3) is 0 Å². The van der Waals surface area contributed by atoms with Crippen molar-refractivity contribution in [2.75, 3.05) is 26.2 Å². The lowest BCUT2D eigenvalue weighted by Gasteiger charge is -2.39. The third-order valence-corrected chi connectivity index (χ3v) is 4.35. The number of carbonyl (C=O) groups is 1. The molecule has 2 rings (SSSR count). The Morgan fingerprint density at radius 2 is 2.28 bits per heavy atom. The molecule has 1 amide bonds. The van der Waals surface area contributed by atoms with Gasteiger partial charge in [0.25, 0.3) is 0 Å². The molecule has 1 aliphatic carbocycles. The van der Waals surface area contributed by atoms with Gasteiger partial charge in [-0.05, 0) is 31.6 Å². The zero-order chi connectivity index (χ0) is 13.2. The Hall–Kier alpha value is -0.610. The van der Waals surface area contributed by atoms with Gasteiger partial charge in [0, 0.05) is 32.2 Å². The fourth-order valence-corrected chi connectivity index (χ4v) is 3.37. The number of likely N-dealkylation sites (N-methyl/N-ethyl adjacent to an activating group) is 1. The molecular weight excluding hydrogens is 226 g/mol. The summed E-state index contributed by atoms with van der Waals surface area (Å²) in [5, 5.41) is 6.31. The average Bonchev–Trinajstić information content (AvgIpc) is 2.70. The molecule has 1 aliphatic heterocycles. The number of piperazine rings is 1. The van der Waals surface area contributed by atoms with Crippen LogP contribution in [0.3, 0.4) is 0 Å². The molecule has 2 aliphatic rings. The zero-order valence-corrected chi connectivity index (χ0v) is 12.0. The molecule has 104 valence electrons. The van der Waals surface area contributed by atoms with Gasteiger partial charge in [0.2, 0.25) is 5.91 Å². The van der Waals surface area contributed by atoms with Crippen LogP contribution < -0.4 is 10.6 Å². The third-order valence-electron chi connectivity index (χ3n) is 4.35. The summed E-state index contributed by atoms with van der Waals surface area (Å²) in [7, 11) is 0. The SMILES string of the molecule is CCNC(=O)C1CNCCN1C1CCC(C)(C)C1. The van der Waals surface area contributed by atoms with Crippen LogP contribution in [0.2, 0.25) is 0 Å². The van der Waals surface area contributed by atoms with E-state index in [-0.39, 0.29) is 11.9 Å².